The Morgan fingerprint density at radius 2 is 1.88 bits per heavy atom. The number of primary amides is 1. The number of benzene rings is 1. The number of amides is 1. The van der Waals surface area contributed by atoms with Crippen LogP contribution in [-0.2, 0) is 4.79 Å². The van der Waals surface area contributed by atoms with E-state index in [1.54, 1.807) is 6.92 Å². The van der Waals surface area contributed by atoms with Crippen LogP contribution in [0.15, 0.2) is 18.2 Å². The van der Waals surface area contributed by atoms with Gasteiger partial charge in [-0.3, -0.25) is 4.79 Å². The van der Waals surface area contributed by atoms with Crippen LogP contribution in [0.5, 0.6) is 0 Å². The minimum absolute atomic E-state index is 0.0404. The summed E-state index contributed by atoms with van der Waals surface area (Å²) in [5, 5.41) is 27.8. The lowest BCUT2D eigenvalue weighted by atomic mass is 9.97. The summed E-state index contributed by atoms with van der Waals surface area (Å²) in [6.07, 6.45) is -3.30. The number of nitrogens with two attached hydrogens (primary N) is 1. The van der Waals surface area contributed by atoms with Gasteiger partial charge in [0.2, 0.25) is 5.91 Å². The first kappa shape index (κ1) is 13.1. The van der Waals surface area contributed by atoms with Gasteiger partial charge < -0.3 is 21.1 Å². The number of rotatable bonds is 4. The molecule has 0 fully saturated rings. The van der Waals surface area contributed by atoms with Crippen LogP contribution in [0.25, 0.3) is 0 Å². The van der Waals surface area contributed by atoms with E-state index >= 15 is 0 Å². The van der Waals surface area contributed by atoms with E-state index in [-0.39, 0.29) is 11.1 Å². The Labute approximate surface area is 97.3 Å². The monoisotopic (exact) mass is 239 g/mol. The Kier molecular flexibility index (Phi) is 3.82. The normalized spacial score (nSPS) is 14.1. The highest BCUT2D eigenvalue weighted by Gasteiger charge is 2.25. The minimum atomic E-state index is -1.77. The molecule has 0 saturated carbocycles. The molecule has 2 unspecified atom stereocenters. The number of carbonyl (C=O) groups is 2. The summed E-state index contributed by atoms with van der Waals surface area (Å²) in [7, 11) is 0. The first-order valence-corrected chi connectivity index (χ1v) is 4.84. The summed E-state index contributed by atoms with van der Waals surface area (Å²) in [5.74, 6) is -2.23. The van der Waals surface area contributed by atoms with Crippen molar-refractivity contribution in [3.63, 3.8) is 0 Å². The SMILES string of the molecule is Cc1ccc(C(=O)O)cc1C(O)C(O)C(N)=O. The Morgan fingerprint density at radius 3 is 2.35 bits per heavy atom. The van der Waals surface area contributed by atoms with E-state index in [0.717, 1.165) is 0 Å². The summed E-state index contributed by atoms with van der Waals surface area (Å²) in [5.41, 5.74) is 5.54. The van der Waals surface area contributed by atoms with E-state index in [4.69, 9.17) is 10.8 Å². The summed E-state index contributed by atoms with van der Waals surface area (Å²) >= 11 is 0. The maximum atomic E-state index is 10.8. The maximum absolute atomic E-state index is 10.8. The van der Waals surface area contributed by atoms with Gasteiger partial charge in [-0.25, -0.2) is 4.79 Å². The largest absolute Gasteiger partial charge is 0.478 e. The molecular formula is C11H13NO5. The predicted octanol–water partition coefficient (Wildman–Crippen LogP) is -0.427. The second-order valence-electron chi connectivity index (χ2n) is 3.67. The molecule has 1 amide bonds. The molecular weight excluding hydrogens is 226 g/mol. The van der Waals surface area contributed by atoms with Gasteiger partial charge in [0.1, 0.15) is 6.10 Å². The molecule has 0 saturated heterocycles. The quantitative estimate of drug-likeness (QED) is 0.568. The fraction of sp³-hybridized carbons (Fsp3) is 0.273. The molecule has 5 N–H and O–H groups in total. The zero-order valence-electron chi connectivity index (χ0n) is 9.12. The molecule has 17 heavy (non-hydrogen) atoms. The molecule has 0 radical (unpaired) electrons. The first-order chi connectivity index (χ1) is 7.84. The topological polar surface area (TPSA) is 121 Å². The highest BCUT2D eigenvalue weighted by atomic mass is 16.4. The van der Waals surface area contributed by atoms with Crippen molar-refractivity contribution in [2.75, 3.05) is 0 Å². The fourth-order valence-corrected chi connectivity index (χ4v) is 1.42. The Morgan fingerprint density at radius 1 is 1.29 bits per heavy atom. The smallest absolute Gasteiger partial charge is 0.335 e. The van der Waals surface area contributed by atoms with Crippen LogP contribution in [0, 0.1) is 6.92 Å². The third kappa shape index (κ3) is 2.80. The van der Waals surface area contributed by atoms with E-state index in [0.29, 0.717) is 5.56 Å². The van der Waals surface area contributed by atoms with E-state index in [1.807, 2.05) is 0 Å². The van der Waals surface area contributed by atoms with Crippen molar-refractivity contribution < 1.29 is 24.9 Å². The highest BCUT2D eigenvalue weighted by Crippen LogP contribution is 2.22. The predicted molar refractivity (Wildman–Crippen MR) is 58.3 cm³/mol. The second kappa shape index (κ2) is 4.94. The number of aliphatic hydroxyl groups is 2. The maximum Gasteiger partial charge on any atom is 0.335 e. The van der Waals surface area contributed by atoms with Gasteiger partial charge in [0.25, 0.3) is 0 Å². The van der Waals surface area contributed by atoms with E-state index in [2.05, 4.69) is 0 Å². The van der Waals surface area contributed by atoms with E-state index in [1.165, 1.54) is 18.2 Å². The molecule has 6 heteroatoms. The van der Waals surface area contributed by atoms with Crippen molar-refractivity contribution in [2.24, 2.45) is 5.73 Å². The van der Waals surface area contributed by atoms with Gasteiger partial charge in [-0.05, 0) is 30.2 Å². The number of hydrogen-bond acceptors (Lipinski definition) is 4. The van der Waals surface area contributed by atoms with Crippen molar-refractivity contribution >= 4 is 11.9 Å². The molecule has 0 aliphatic heterocycles. The molecule has 0 bridgehead atoms. The number of aryl methyl sites for hydroxylation is 1. The summed E-state index contributed by atoms with van der Waals surface area (Å²) < 4.78 is 0. The molecule has 0 aromatic heterocycles. The average Bonchev–Trinajstić information content (AvgIpc) is 2.27. The molecule has 92 valence electrons. The standard InChI is InChI=1S/C11H13NO5/c1-5-2-3-6(11(16)17)4-7(5)8(13)9(14)10(12)15/h2-4,8-9,13-14H,1H3,(H2,12,15)(H,16,17). The van der Waals surface area contributed by atoms with Gasteiger partial charge in [0.15, 0.2) is 6.10 Å². The van der Waals surface area contributed by atoms with Crippen LogP contribution in [0.2, 0.25) is 0 Å². The highest BCUT2D eigenvalue weighted by molar-refractivity contribution is 5.88. The average molecular weight is 239 g/mol. The lowest BCUT2D eigenvalue weighted by Crippen LogP contribution is -2.34. The van der Waals surface area contributed by atoms with E-state index < -0.39 is 24.1 Å². The van der Waals surface area contributed by atoms with Crippen LogP contribution >= 0.6 is 0 Å². The molecule has 0 heterocycles. The number of carboxylic acids is 1. The van der Waals surface area contributed by atoms with Gasteiger partial charge >= 0.3 is 5.97 Å². The van der Waals surface area contributed by atoms with Gasteiger partial charge in [-0.1, -0.05) is 6.07 Å². The zero-order chi connectivity index (χ0) is 13.2. The number of carbonyl (C=O) groups excluding carboxylic acids is 1. The Bertz CT molecular complexity index is 457. The van der Waals surface area contributed by atoms with Crippen LogP contribution in [0.3, 0.4) is 0 Å². The number of aromatic carboxylic acids is 1. The Hall–Kier alpha value is -1.92. The van der Waals surface area contributed by atoms with Crippen LogP contribution < -0.4 is 5.73 Å². The first-order valence-electron chi connectivity index (χ1n) is 4.84. The number of aliphatic hydroxyl groups excluding tert-OH is 2. The molecule has 2 atom stereocenters. The van der Waals surface area contributed by atoms with Crippen molar-refractivity contribution in [1.29, 1.82) is 0 Å². The second-order valence-corrected chi connectivity index (χ2v) is 3.67. The number of hydrogen-bond donors (Lipinski definition) is 4. The third-order valence-corrected chi connectivity index (χ3v) is 2.44. The van der Waals surface area contributed by atoms with Gasteiger partial charge in [-0.2, -0.15) is 0 Å². The van der Waals surface area contributed by atoms with Crippen molar-refractivity contribution in [2.45, 2.75) is 19.1 Å². The summed E-state index contributed by atoms with van der Waals surface area (Å²) in [6, 6.07) is 4.05. The van der Waals surface area contributed by atoms with Crippen molar-refractivity contribution in [3.8, 4) is 0 Å². The fourth-order valence-electron chi connectivity index (χ4n) is 1.42. The molecule has 0 spiro atoms. The molecule has 1 aromatic carbocycles. The van der Waals surface area contributed by atoms with Crippen molar-refractivity contribution in [3.05, 3.63) is 34.9 Å². The van der Waals surface area contributed by atoms with Crippen LogP contribution in [0.1, 0.15) is 27.6 Å². The van der Waals surface area contributed by atoms with Crippen molar-refractivity contribution in [1.82, 2.24) is 0 Å². The molecule has 0 aliphatic carbocycles. The van der Waals surface area contributed by atoms with E-state index in [9.17, 15) is 19.8 Å². The molecule has 1 rings (SSSR count). The van der Waals surface area contributed by atoms with Crippen LogP contribution in [0.4, 0.5) is 0 Å². The van der Waals surface area contributed by atoms with Gasteiger partial charge in [0.05, 0.1) is 5.56 Å². The van der Waals surface area contributed by atoms with Gasteiger partial charge in [0, 0.05) is 0 Å². The lowest BCUT2D eigenvalue weighted by molar-refractivity contribution is -0.132. The van der Waals surface area contributed by atoms with Crippen LogP contribution in [-0.4, -0.2) is 33.3 Å². The molecule has 0 aliphatic rings. The zero-order valence-corrected chi connectivity index (χ0v) is 9.12. The Balaban J connectivity index is 3.16. The lowest BCUT2D eigenvalue weighted by Gasteiger charge is -2.17. The summed E-state index contributed by atoms with van der Waals surface area (Å²) in [4.78, 5) is 21.5. The molecule has 6 nitrogen and oxygen atoms in total. The minimum Gasteiger partial charge on any atom is -0.478 e. The number of carboxylic acid groups (broad SMARTS) is 1. The molecule has 1 aromatic rings. The summed E-state index contributed by atoms with van der Waals surface area (Å²) in [6.45, 7) is 1.62. The van der Waals surface area contributed by atoms with Gasteiger partial charge in [-0.15, -0.1) is 0 Å². The third-order valence-electron chi connectivity index (χ3n) is 2.44.